The molecule has 0 heterocycles. The lowest BCUT2D eigenvalue weighted by atomic mass is 10.1. The summed E-state index contributed by atoms with van der Waals surface area (Å²) in [7, 11) is 1.65. The van der Waals surface area contributed by atoms with E-state index in [0.717, 1.165) is 5.56 Å². The maximum Gasteiger partial charge on any atom is 0.260 e. The van der Waals surface area contributed by atoms with Crippen molar-refractivity contribution in [1.29, 1.82) is 0 Å². The van der Waals surface area contributed by atoms with Gasteiger partial charge in [-0.1, -0.05) is 12.1 Å². The highest BCUT2D eigenvalue weighted by molar-refractivity contribution is 5.78. The number of carbonyl (C=O) groups excluding carboxylic acids is 1. The Morgan fingerprint density at radius 3 is 2.42 bits per heavy atom. The van der Waals surface area contributed by atoms with Crippen molar-refractivity contribution >= 4 is 5.91 Å². The molecule has 0 radical (unpaired) electrons. The van der Waals surface area contributed by atoms with Crippen molar-refractivity contribution in [1.82, 2.24) is 4.90 Å². The first-order valence-corrected chi connectivity index (χ1v) is 6.20. The highest BCUT2D eigenvalue weighted by Crippen LogP contribution is 2.14. The molecule has 0 unspecified atom stereocenters. The number of hydrogen-bond acceptors (Lipinski definition) is 4. The maximum atomic E-state index is 11.9. The smallest absolute Gasteiger partial charge is 0.260 e. The number of nitrogens with zero attached hydrogens (tertiary/aromatic N) is 1. The summed E-state index contributed by atoms with van der Waals surface area (Å²) in [5.74, 6) is 0.447. The normalized spacial score (nSPS) is 11.2. The van der Waals surface area contributed by atoms with Gasteiger partial charge in [-0.3, -0.25) is 4.79 Å². The fourth-order valence-corrected chi connectivity index (χ4v) is 1.41. The van der Waals surface area contributed by atoms with E-state index in [1.807, 2.05) is 12.1 Å². The topological polar surface area (TPSA) is 75.8 Å². The molecule has 1 aromatic rings. The number of likely N-dealkylation sites (N-methyl/N-ethyl adjacent to an activating group) is 1. The molecule has 0 saturated heterocycles. The Morgan fingerprint density at radius 2 is 1.95 bits per heavy atom. The molecule has 0 aliphatic carbocycles. The van der Waals surface area contributed by atoms with Gasteiger partial charge in [0, 0.05) is 13.6 Å². The number of rotatable bonds is 6. The number of carbonyl (C=O) groups is 1. The van der Waals surface area contributed by atoms with Gasteiger partial charge in [-0.25, -0.2) is 0 Å². The molecule has 106 valence electrons. The lowest BCUT2D eigenvalue weighted by Gasteiger charge is -2.33. The lowest BCUT2D eigenvalue weighted by molar-refractivity contribution is -0.138. The van der Waals surface area contributed by atoms with Crippen LogP contribution in [0.4, 0.5) is 0 Å². The van der Waals surface area contributed by atoms with Gasteiger partial charge in [0.05, 0.1) is 12.1 Å². The molecule has 0 bridgehead atoms. The van der Waals surface area contributed by atoms with Gasteiger partial charge in [-0.05, 0) is 31.5 Å². The summed E-state index contributed by atoms with van der Waals surface area (Å²) in [6, 6.07) is 7.29. The van der Waals surface area contributed by atoms with Crippen molar-refractivity contribution < 1.29 is 14.6 Å². The first kappa shape index (κ1) is 15.5. The fraction of sp³-hybridized carbons (Fsp3) is 0.500. The Balaban J connectivity index is 2.54. The van der Waals surface area contributed by atoms with Crippen LogP contribution in [-0.2, 0) is 11.3 Å². The van der Waals surface area contributed by atoms with Crippen molar-refractivity contribution in [3.8, 4) is 5.75 Å². The van der Waals surface area contributed by atoms with E-state index in [4.69, 9.17) is 10.5 Å². The van der Waals surface area contributed by atoms with Crippen molar-refractivity contribution in [2.75, 3.05) is 20.3 Å². The zero-order valence-corrected chi connectivity index (χ0v) is 11.7. The molecule has 3 N–H and O–H groups in total. The van der Waals surface area contributed by atoms with Gasteiger partial charge in [0.15, 0.2) is 6.61 Å². The summed E-state index contributed by atoms with van der Waals surface area (Å²) < 4.78 is 5.41. The van der Waals surface area contributed by atoms with Crippen LogP contribution in [0.1, 0.15) is 19.4 Å². The molecule has 1 aromatic carbocycles. The summed E-state index contributed by atoms with van der Waals surface area (Å²) in [5.41, 5.74) is 5.92. The molecule has 0 aliphatic heterocycles. The van der Waals surface area contributed by atoms with Gasteiger partial charge in [0.2, 0.25) is 0 Å². The fourth-order valence-electron chi connectivity index (χ4n) is 1.41. The van der Waals surface area contributed by atoms with Crippen LogP contribution in [0.2, 0.25) is 0 Å². The molecule has 0 aromatic heterocycles. The second kappa shape index (κ2) is 6.54. The summed E-state index contributed by atoms with van der Waals surface area (Å²) in [4.78, 5) is 13.4. The number of aliphatic hydroxyl groups is 1. The average Bonchev–Trinajstić information content (AvgIpc) is 2.44. The average molecular weight is 266 g/mol. The highest BCUT2D eigenvalue weighted by atomic mass is 16.5. The number of aliphatic hydroxyl groups excluding tert-OH is 1. The molecule has 0 saturated carbocycles. The summed E-state index contributed by atoms with van der Waals surface area (Å²) in [6.07, 6.45) is 0. The van der Waals surface area contributed by atoms with E-state index in [9.17, 15) is 9.90 Å². The van der Waals surface area contributed by atoms with Crippen LogP contribution in [-0.4, -0.2) is 41.7 Å². The zero-order valence-electron chi connectivity index (χ0n) is 11.7. The van der Waals surface area contributed by atoms with E-state index >= 15 is 0 Å². The molecule has 0 spiro atoms. The first-order valence-electron chi connectivity index (χ1n) is 6.20. The monoisotopic (exact) mass is 266 g/mol. The van der Waals surface area contributed by atoms with E-state index < -0.39 is 5.54 Å². The molecule has 0 atom stereocenters. The summed E-state index contributed by atoms with van der Waals surface area (Å²) in [5, 5.41) is 9.21. The minimum atomic E-state index is -0.593. The Morgan fingerprint density at radius 1 is 1.37 bits per heavy atom. The van der Waals surface area contributed by atoms with Crippen LogP contribution >= 0.6 is 0 Å². The second-order valence-corrected chi connectivity index (χ2v) is 5.06. The predicted molar refractivity (Wildman–Crippen MR) is 73.8 cm³/mol. The SMILES string of the molecule is CN(C(=O)COc1ccc(CN)cc1)C(C)(C)CO. The van der Waals surface area contributed by atoms with Gasteiger partial charge in [-0.2, -0.15) is 0 Å². The third kappa shape index (κ3) is 4.22. The van der Waals surface area contributed by atoms with Crippen LogP contribution in [0, 0.1) is 0 Å². The number of nitrogens with two attached hydrogens (primary N) is 1. The molecule has 1 amide bonds. The van der Waals surface area contributed by atoms with Crippen LogP contribution in [0.25, 0.3) is 0 Å². The largest absolute Gasteiger partial charge is 0.484 e. The molecular weight excluding hydrogens is 244 g/mol. The molecule has 0 fully saturated rings. The summed E-state index contributed by atoms with van der Waals surface area (Å²) >= 11 is 0. The van der Waals surface area contributed by atoms with Gasteiger partial charge >= 0.3 is 0 Å². The molecule has 0 aliphatic rings. The van der Waals surface area contributed by atoms with E-state index in [0.29, 0.717) is 12.3 Å². The van der Waals surface area contributed by atoms with E-state index in [1.165, 1.54) is 4.90 Å². The molecule has 1 rings (SSSR count). The standard InChI is InChI=1S/C14H22N2O3/c1-14(2,10-17)16(3)13(18)9-19-12-6-4-11(8-15)5-7-12/h4-7,17H,8-10,15H2,1-3H3. The molecule has 5 heteroatoms. The Kier molecular flexibility index (Phi) is 5.32. The summed E-state index contributed by atoms with van der Waals surface area (Å²) in [6.45, 7) is 3.91. The predicted octanol–water partition coefficient (Wildman–Crippen LogP) is 0.753. The van der Waals surface area contributed by atoms with Gasteiger partial charge in [0.1, 0.15) is 5.75 Å². The second-order valence-electron chi connectivity index (χ2n) is 5.06. The maximum absolute atomic E-state index is 11.9. The van der Waals surface area contributed by atoms with Gasteiger partial charge in [-0.15, -0.1) is 0 Å². The van der Waals surface area contributed by atoms with Crippen LogP contribution in [0.5, 0.6) is 5.75 Å². The van der Waals surface area contributed by atoms with E-state index in [-0.39, 0.29) is 19.1 Å². The van der Waals surface area contributed by atoms with Crippen LogP contribution in [0.15, 0.2) is 24.3 Å². The van der Waals surface area contributed by atoms with Crippen molar-refractivity contribution in [2.24, 2.45) is 5.73 Å². The number of amides is 1. The quantitative estimate of drug-likeness (QED) is 0.797. The third-order valence-electron chi connectivity index (χ3n) is 3.19. The lowest BCUT2D eigenvalue weighted by Crippen LogP contribution is -2.49. The van der Waals surface area contributed by atoms with Crippen molar-refractivity contribution in [2.45, 2.75) is 25.9 Å². The van der Waals surface area contributed by atoms with Crippen LogP contribution in [0.3, 0.4) is 0 Å². The Hall–Kier alpha value is -1.59. The molecular formula is C14H22N2O3. The van der Waals surface area contributed by atoms with Gasteiger partial charge < -0.3 is 20.5 Å². The van der Waals surface area contributed by atoms with Crippen LogP contribution < -0.4 is 10.5 Å². The Labute approximate surface area is 114 Å². The van der Waals surface area contributed by atoms with E-state index in [2.05, 4.69) is 0 Å². The first-order chi connectivity index (χ1) is 8.90. The van der Waals surface area contributed by atoms with E-state index in [1.54, 1.807) is 33.0 Å². The minimum Gasteiger partial charge on any atom is -0.484 e. The van der Waals surface area contributed by atoms with Crippen molar-refractivity contribution in [3.05, 3.63) is 29.8 Å². The third-order valence-corrected chi connectivity index (χ3v) is 3.19. The molecule has 19 heavy (non-hydrogen) atoms. The number of hydrogen-bond donors (Lipinski definition) is 2. The van der Waals surface area contributed by atoms with Crippen molar-refractivity contribution in [3.63, 3.8) is 0 Å². The number of benzene rings is 1. The highest BCUT2D eigenvalue weighted by Gasteiger charge is 2.26. The number of ether oxygens (including phenoxy) is 1. The zero-order chi connectivity index (χ0) is 14.5. The van der Waals surface area contributed by atoms with Gasteiger partial charge in [0.25, 0.3) is 5.91 Å². The minimum absolute atomic E-state index is 0.0537. The Bertz CT molecular complexity index is 415. The molecule has 5 nitrogen and oxygen atoms in total.